The number of rotatable bonds is 6. The lowest BCUT2D eigenvalue weighted by Crippen LogP contribution is -2.32. The maximum absolute atomic E-state index is 13.2. The van der Waals surface area contributed by atoms with Crippen LogP contribution in [-0.4, -0.2) is 50.7 Å². The van der Waals surface area contributed by atoms with E-state index in [0.29, 0.717) is 18.7 Å². The number of esters is 1. The average molecular weight is 408 g/mol. The van der Waals surface area contributed by atoms with Gasteiger partial charge < -0.3 is 14.0 Å². The Morgan fingerprint density at radius 1 is 1.18 bits per heavy atom. The summed E-state index contributed by atoms with van der Waals surface area (Å²) in [5.41, 5.74) is 0.516. The molecule has 1 fully saturated rings. The smallest absolute Gasteiger partial charge is 0.360 e. The first-order valence-corrected chi connectivity index (χ1v) is 10.7. The molecule has 0 radical (unpaired) electrons. The molecule has 1 saturated heterocycles. The molecule has 8 nitrogen and oxygen atoms in total. The van der Waals surface area contributed by atoms with Crippen LogP contribution in [0.5, 0.6) is 5.75 Å². The first-order chi connectivity index (χ1) is 13.5. The van der Waals surface area contributed by atoms with Gasteiger partial charge in [-0.05, 0) is 38.0 Å². The summed E-state index contributed by atoms with van der Waals surface area (Å²) in [7, 11) is -2.29. The number of carbonyl (C=O) groups is 1. The third kappa shape index (κ3) is 4.20. The molecule has 0 unspecified atom stereocenters. The molecule has 0 atom stereocenters. The van der Waals surface area contributed by atoms with Gasteiger partial charge in [0.15, 0.2) is 11.5 Å². The van der Waals surface area contributed by atoms with E-state index in [1.807, 2.05) is 0 Å². The summed E-state index contributed by atoms with van der Waals surface area (Å²) in [4.78, 5) is 11.9. The first kappa shape index (κ1) is 20.3. The predicted octanol–water partition coefficient (Wildman–Crippen LogP) is 3.09. The Morgan fingerprint density at radius 2 is 1.89 bits per heavy atom. The minimum absolute atomic E-state index is 0.0320. The lowest BCUT2D eigenvalue weighted by atomic mass is 10.1. The fraction of sp³-hybridized carbons (Fsp3) is 0.474. The van der Waals surface area contributed by atoms with Crippen molar-refractivity contribution in [1.82, 2.24) is 9.46 Å². The van der Waals surface area contributed by atoms with Gasteiger partial charge in [-0.2, -0.15) is 4.31 Å². The van der Waals surface area contributed by atoms with Crippen molar-refractivity contribution in [1.29, 1.82) is 0 Å². The van der Waals surface area contributed by atoms with Gasteiger partial charge in [0, 0.05) is 24.7 Å². The second-order valence-corrected chi connectivity index (χ2v) is 8.39. The third-order valence-corrected chi connectivity index (χ3v) is 6.55. The van der Waals surface area contributed by atoms with Crippen molar-refractivity contribution in [3.63, 3.8) is 0 Å². The van der Waals surface area contributed by atoms with Crippen molar-refractivity contribution < 1.29 is 27.2 Å². The quantitative estimate of drug-likeness (QED) is 0.677. The van der Waals surface area contributed by atoms with Crippen LogP contribution in [0.1, 0.15) is 43.1 Å². The van der Waals surface area contributed by atoms with E-state index >= 15 is 0 Å². The van der Waals surface area contributed by atoms with Gasteiger partial charge in [0.1, 0.15) is 10.6 Å². The molecule has 1 aromatic carbocycles. The molecule has 0 spiro atoms. The standard InChI is InChI=1S/C19H24N2O6S/c1-3-26-19(22)15-13-17(27-20-15)14-8-9-16(25-2)18(12-14)28(23,24)21-10-6-4-5-7-11-21/h8-9,12-13H,3-7,10-11H2,1-2H3. The number of aromatic nitrogens is 1. The molecule has 0 bridgehead atoms. The van der Waals surface area contributed by atoms with Crippen LogP contribution in [0.4, 0.5) is 0 Å². The molecule has 3 rings (SSSR count). The van der Waals surface area contributed by atoms with Crippen LogP contribution in [0, 0.1) is 0 Å². The van der Waals surface area contributed by atoms with E-state index in [1.165, 1.54) is 23.5 Å². The van der Waals surface area contributed by atoms with Crippen LogP contribution in [0.2, 0.25) is 0 Å². The Morgan fingerprint density at radius 3 is 2.54 bits per heavy atom. The maximum Gasteiger partial charge on any atom is 0.360 e. The molecule has 2 aromatic rings. The highest BCUT2D eigenvalue weighted by atomic mass is 32.2. The Kier molecular flexibility index (Phi) is 6.35. The van der Waals surface area contributed by atoms with Crippen LogP contribution in [0.3, 0.4) is 0 Å². The summed E-state index contributed by atoms with van der Waals surface area (Å²) in [6, 6.07) is 6.17. The summed E-state index contributed by atoms with van der Waals surface area (Å²) in [6.45, 7) is 2.90. The molecule has 0 saturated carbocycles. The summed E-state index contributed by atoms with van der Waals surface area (Å²) in [5.74, 6) is -0.0559. The van der Waals surface area contributed by atoms with Gasteiger partial charge in [-0.3, -0.25) is 0 Å². The molecule has 0 N–H and O–H groups in total. The molecule has 9 heteroatoms. The van der Waals surface area contributed by atoms with E-state index in [2.05, 4.69) is 5.16 Å². The molecule has 0 aliphatic carbocycles. The van der Waals surface area contributed by atoms with Gasteiger partial charge in [-0.15, -0.1) is 0 Å². The van der Waals surface area contributed by atoms with Crippen LogP contribution in [-0.2, 0) is 14.8 Å². The second kappa shape index (κ2) is 8.74. The van der Waals surface area contributed by atoms with Gasteiger partial charge in [-0.25, -0.2) is 13.2 Å². The van der Waals surface area contributed by atoms with Crippen molar-refractivity contribution in [2.45, 2.75) is 37.5 Å². The lowest BCUT2D eigenvalue weighted by Gasteiger charge is -2.21. The number of hydrogen-bond acceptors (Lipinski definition) is 7. The topological polar surface area (TPSA) is 98.9 Å². The van der Waals surface area contributed by atoms with E-state index < -0.39 is 16.0 Å². The number of benzene rings is 1. The zero-order chi connectivity index (χ0) is 20.1. The molecule has 1 aromatic heterocycles. The summed E-state index contributed by atoms with van der Waals surface area (Å²) in [6.07, 6.45) is 3.73. The minimum Gasteiger partial charge on any atom is -0.495 e. The Balaban J connectivity index is 1.97. The van der Waals surface area contributed by atoms with E-state index in [0.717, 1.165) is 25.7 Å². The highest BCUT2D eigenvalue weighted by Crippen LogP contribution is 2.33. The molecule has 0 amide bonds. The molecular formula is C19H24N2O6S. The zero-order valence-electron chi connectivity index (χ0n) is 16.0. The molecule has 1 aliphatic heterocycles. The van der Waals surface area contributed by atoms with Crippen molar-refractivity contribution in [3.8, 4) is 17.1 Å². The van der Waals surface area contributed by atoms with Crippen molar-refractivity contribution in [2.75, 3.05) is 26.8 Å². The van der Waals surface area contributed by atoms with Crippen molar-refractivity contribution >= 4 is 16.0 Å². The van der Waals surface area contributed by atoms with Gasteiger partial charge in [-0.1, -0.05) is 18.0 Å². The van der Waals surface area contributed by atoms with Crippen molar-refractivity contribution in [2.24, 2.45) is 0 Å². The molecule has 28 heavy (non-hydrogen) atoms. The van der Waals surface area contributed by atoms with Crippen LogP contribution in [0.25, 0.3) is 11.3 Å². The average Bonchev–Trinajstić information content (AvgIpc) is 3.02. The highest BCUT2D eigenvalue weighted by molar-refractivity contribution is 7.89. The predicted molar refractivity (Wildman–Crippen MR) is 102 cm³/mol. The van der Waals surface area contributed by atoms with Crippen LogP contribution < -0.4 is 4.74 Å². The highest BCUT2D eigenvalue weighted by Gasteiger charge is 2.29. The zero-order valence-corrected chi connectivity index (χ0v) is 16.8. The Bertz CT molecular complexity index is 930. The molecule has 2 heterocycles. The summed E-state index contributed by atoms with van der Waals surface area (Å²) in [5, 5.41) is 3.71. The van der Waals surface area contributed by atoms with Gasteiger partial charge >= 0.3 is 5.97 Å². The SMILES string of the molecule is CCOC(=O)c1cc(-c2ccc(OC)c(S(=O)(=O)N3CCCCCC3)c2)on1. The number of nitrogens with zero attached hydrogens (tertiary/aromatic N) is 2. The maximum atomic E-state index is 13.2. The first-order valence-electron chi connectivity index (χ1n) is 9.29. The van der Waals surface area contributed by atoms with E-state index in [1.54, 1.807) is 19.1 Å². The number of ether oxygens (including phenoxy) is 2. The number of hydrogen-bond donors (Lipinski definition) is 0. The van der Waals surface area contributed by atoms with E-state index in [-0.39, 0.29) is 28.7 Å². The summed E-state index contributed by atoms with van der Waals surface area (Å²) >= 11 is 0. The lowest BCUT2D eigenvalue weighted by molar-refractivity contribution is 0.0514. The monoisotopic (exact) mass is 408 g/mol. The molecular weight excluding hydrogens is 384 g/mol. The Hall–Kier alpha value is -2.39. The third-order valence-electron chi connectivity index (χ3n) is 4.63. The van der Waals surface area contributed by atoms with Gasteiger partial charge in [0.25, 0.3) is 0 Å². The summed E-state index contributed by atoms with van der Waals surface area (Å²) < 4.78 is 43.4. The number of carbonyl (C=O) groups excluding carboxylic acids is 1. The largest absolute Gasteiger partial charge is 0.495 e. The molecule has 152 valence electrons. The second-order valence-electron chi connectivity index (χ2n) is 6.48. The fourth-order valence-corrected chi connectivity index (χ4v) is 4.86. The normalized spacial score (nSPS) is 15.8. The minimum atomic E-state index is -3.72. The van der Waals surface area contributed by atoms with Gasteiger partial charge in [0.05, 0.1) is 13.7 Å². The number of methoxy groups -OCH3 is 1. The Labute approximate surface area is 164 Å². The van der Waals surface area contributed by atoms with Crippen molar-refractivity contribution in [3.05, 3.63) is 30.0 Å². The van der Waals surface area contributed by atoms with Crippen LogP contribution in [0.15, 0.2) is 33.7 Å². The number of sulfonamides is 1. The molecule has 1 aliphatic rings. The van der Waals surface area contributed by atoms with E-state index in [4.69, 9.17) is 14.0 Å². The van der Waals surface area contributed by atoms with E-state index in [9.17, 15) is 13.2 Å². The van der Waals surface area contributed by atoms with Gasteiger partial charge in [0.2, 0.25) is 10.0 Å². The fourth-order valence-electron chi connectivity index (χ4n) is 3.17. The van der Waals surface area contributed by atoms with Crippen LogP contribution >= 0.6 is 0 Å².